The second-order valence-electron chi connectivity index (χ2n) is 8.58. The van der Waals surface area contributed by atoms with Crippen LogP contribution in [-0.4, -0.2) is 47.6 Å². The number of thiocarbonyl (C=S) groups is 1. The van der Waals surface area contributed by atoms with Crippen molar-refractivity contribution < 1.29 is 19.1 Å². The summed E-state index contributed by atoms with van der Waals surface area (Å²) in [5.41, 5.74) is 2.52. The Morgan fingerprint density at radius 3 is 2.19 bits per heavy atom. The van der Waals surface area contributed by atoms with E-state index < -0.39 is 6.04 Å². The van der Waals surface area contributed by atoms with Gasteiger partial charge < -0.3 is 19.7 Å². The van der Waals surface area contributed by atoms with Gasteiger partial charge in [-0.05, 0) is 105 Å². The molecule has 1 fully saturated rings. The minimum atomic E-state index is -0.693. The average Bonchev–Trinajstić information content (AvgIpc) is 3.39. The molecule has 4 rings (SSSR count). The molecule has 1 atom stereocenters. The topological polar surface area (TPSA) is 71.1 Å². The van der Waals surface area contributed by atoms with Crippen LogP contribution < -0.4 is 19.7 Å². The number of carbonyl (C=O) groups is 2. The molecule has 37 heavy (non-hydrogen) atoms. The van der Waals surface area contributed by atoms with E-state index in [0.29, 0.717) is 36.2 Å². The predicted octanol–water partition coefficient (Wildman–Crippen LogP) is 5.43. The van der Waals surface area contributed by atoms with E-state index in [1.165, 1.54) is 15.3 Å². The standard InChI is InChI=1S/C28H31N3O4S2/c1-4-34-22-10-6-20(7-11-22)29-26(32)18-24-27(33)31(21-8-12-23(13-9-21)35-5-2)28(36)30(24)16-14-25-19(3)15-17-37-25/h6-13,15,17,24H,4-5,14,16,18H2,1-3H3,(H,29,32). The molecule has 3 aromatic rings. The Hall–Kier alpha value is -3.43. The van der Waals surface area contributed by atoms with Crippen LogP contribution in [0.1, 0.15) is 30.7 Å². The normalized spacial score (nSPS) is 15.3. The van der Waals surface area contributed by atoms with Gasteiger partial charge in [-0.1, -0.05) is 0 Å². The molecule has 7 nitrogen and oxygen atoms in total. The van der Waals surface area contributed by atoms with Crippen molar-refractivity contribution >= 4 is 51.9 Å². The molecule has 0 radical (unpaired) electrons. The molecule has 1 aliphatic heterocycles. The third-order valence-corrected chi connectivity index (χ3v) is 7.60. The number of ether oxygens (including phenoxy) is 2. The monoisotopic (exact) mass is 537 g/mol. The van der Waals surface area contributed by atoms with Crippen molar-refractivity contribution in [1.82, 2.24) is 4.90 Å². The van der Waals surface area contributed by atoms with Crippen molar-refractivity contribution in [1.29, 1.82) is 0 Å². The van der Waals surface area contributed by atoms with Gasteiger partial charge in [0, 0.05) is 17.1 Å². The number of hydrogen-bond donors (Lipinski definition) is 1. The van der Waals surface area contributed by atoms with Crippen molar-refractivity contribution in [2.45, 2.75) is 39.7 Å². The van der Waals surface area contributed by atoms with Gasteiger partial charge in [0.2, 0.25) is 5.91 Å². The largest absolute Gasteiger partial charge is 0.494 e. The van der Waals surface area contributed by atoms with Crippen LogP contribution in [0.2, 0.25) is 0 Å². The first kappa shape index (κ1) is 26.6. The summed E-state index contributed by atoms with van der Waals surface area (Å²) in [4.78, 5) is 31.3. The van der Waals surface area contributed by atoms with Gasteiger partial charge in [-0.2, -0.15) is 0 Å². The fraction of sp³-hybridized carbons (Fsp3) is 0.321. The quantitative estimate of drug-likeness (QED) is 0.329. The van der Waals surface area contributed by atoms with Gasteiger partial charge in [-0.3, -0.25) is 14.5 Å². The number of aryl methyl sites for hydroxylation is 1. The molecular weight excluding hydrogens is 506 g/mol. The molecular formula is C28H31N3O4S2. The summed E-state index contributed by atoms with van der Waals surface area (Å²) in [7, 11) is 0. The van der Waals surface area contributed by atoms with Gasteiger partial charge >= 0.3 is 0 Å². The lowest BCUT2D eigenvalue weighted by Gasteiger charge is -2.24. The Morgan fingerprint density at radius 2 is 1.62 bits per heavy atom. The number of nitrogens with zero attached hydrogens (tertiary/aromatic N) is 2. The maximum absolute atomic E-state index is 13.6. The second-order valence-corrected chi connectivity index (χ2v) is 9.94. The molecule has 1 saturated heterocycles. The highest BCUT2D eigenvalue weighted by atomic mass is 32.1. The van der Waals surface area contributed by atoms with Crippen molar-refractivity contribution in [2.24, 2.45) is 0 Å². The number of carbonyl (C=O) groups excluding carboxylic acids is 2. The van der Waals surface area contributed by atoms with Crippen LogP contribution in [0.25, 0.3) is 0 Å². The Bertz CT molecular complexity index is 1240. The molecule has 1 aliphatic rings. The minimum absolute atomic E-state index is 0.0108. The SMILES string of the molecule is CCOc1ccc(NC(=O)CC2C(=O)N(c3ccc(OCC)cc3)C(=S)N2CCc2sccc2C)cc1. The van der Waals surface area contributed by atoms with E-state index in [1.807, 2.05) is 43.0 Å². The molecule has 2 amide bonds. The molecule has 194 valence electrons. The second kappa shape index (κ2) is 12.2. The Kier molecular flexibility index (Phi) is 8.78. The molecule has 1 N–H and O–H groups in total. The molecule has 0 bridgehead atoms. The van der Waals surface area contributed by atoms with E-state index in [-0.39, 0.29) is 18.2 Å². The van der Waals surface area contributed by atoms with Crippen molar-refractivity contribution in [3.05, 3.63) is 70.4 Å². The number of hydrogen-bond acceptors (Lipinski definition) is 6. The molecule has 0 aliphatic carbocycles. The van der Waals surface area contributed by atoms with Crippen LogP contribution in [0, 0.1) is 6.92 Å². The lowest BCUT2D eigenvalue weighted by atomic mass is 10.1. The summed E-state index contributed by atoms with van der Waals surface area (Å²) in [6, 6.07) is 15.8. The van der Waals surface area contributed by atoms with Crippen LogP contribution in [-0.2, 0) is 16.0 Å². The highest BCUT2D eigenvalue weighted by molar-refractivity contribution is 7.80. The van der Waals surface area contributed by atoms with Gasteiger partial charge in [0.25, 0.3) is 5.91 Å². The molecule has 1 unspecified atom stereocenters. The Labute approximate surface area is 227 Å². The zero-order chi connectivity index (χ0) is 26.4. The highest BCUT2D eigenvalue weighted by Crippen LogP contribution is 2.30. The van der Waals surface area contributed by atoms with Gasteiger partial charge in [-0.25, -0.2) is 0 Å². The van der Waals surface area contributed by atoms with E-state index in [1.54, 1.807) is 35.6 Å². The van der Waals surface area contributed by atoms with E-state index in [2.05, 4.69) is 23.7 Å². The van der Waals surface area contributed by atoms with E-state index in [9.17, 15) is 9.59 Å². The lowest BCUT2D eigenvalue weighted by Crippen LogP contribution is -2.39. The number of anilines is 2. The number of thiophene rings is 1. The molecule has 2 heterocycles. The van der Waals surface area contributed by atoms with Gasteiger partial charge in [0.15, 0.2) is 5.11 Å². The van der Waals surface area contributed by atoms with E-state index >= 15 is 0 Å². The van der Waals surface area contributed by atoms with Crippen LogP contribution in [0.4, 0.5) is 11.4 Å². The van der Waals surface area contributed by atoms with Crippen LogP contribution in [0.15, 0.2) is 60.0 Å². The zero-order valence-corrected chi connectivity index (χ0v) is 22.9. The van der Waals surface area contributed by atoms with Crippen LogP contribution >= 0.6 is 23.6 Å². The van der Waals surface area contributed by atoms with Crippen LogP contribution in [0.5, 0.6) is 11.5 Å². The van der Waals surface area contributed by atoms with Gasteiger partial charge in [0.1, 0.15) is 17.5 Å². The predicted molar refractivity (Wildman–Crippen MR) is 152 cm³/mol. The van der Waals surface area contributed by atoms with Crippen molar-refractivity contribution in [3.8, 4) is 11.5 Å². The summed E-state index contributed by atoms with van der Waals surface area (Å²) in [5.74, 6) is 0.994. The summed E-state index contributed by atoms with van der Waals surface area (Å²) < 4.78 is 11.0. The average molecular weight is 538 g/mol. The van der Waals surface area contributed by atoms with Gasteiger partial charge in [-0.15, -0.1) is 11.3 Å². The van der Waals surface area contributed by atoms with Crippen LogP contribution in [0.3, 0.4) is 0 Å². The number of amides is 2. The Balaban J connectivity index is 1.52. The number of rotatable bonds is 11. The number of nitrogens with one attached hydrogen (secondary N) is 1. The maximum Gasteiger partial charge on any atom is 0.256 e. The first-order valence-corrected chi connectivity index (χ1v) is 13.6. The summed E-state index contributed by atoms with van der Waals surface area (Å²) in [5, 5.41) is 5.37. The third-order valence-electron chi connectivity index (χ3n) is 6.10. The molecule has 1 aromatic heterocycles. The molecule has 9 heteroatoms. The Morgan fingerprint density at radius 1 is 1.00 bits per heavy atom. The highest BCUT2D eigenvalue weighted by Gasteiger charge is 2.44. The van der Waals surface area contributed by atoms with E-state index in [0.717, 1.165) is 17.9 Å². The first-order chi connectivity index (χ1) is 17.9. The van der Waals surface area contributed by atoms with Gasteiger partial charge in [0.05, 0.1) is 25.3 Å². The minimum Gasteiger partial charge on any atom is -0.494 e. The summed E-state index contributed by atoms with van der Waals surface area (Å²) >= 11 is 7.48. The zero-order valence-electron chi connectivity index (χ0n) is 21.2. The lowest BCUT2D eigenvalue weighted by molar-refractivity contribution is -0.124. The third kappa shape index (κ3) is 6.29. The van der Waals surface area contributed by atoms with E-state index in [4.69, 9.17) is 21.7 Å². The maximum atomic E-state index is 13.6. The van der Waals surface area contributed by atoms with Crippen molar-refractivity contribution in [3.63, 3.8) is 0 Å². The first-order valence-electron chi connectivity index (χ1n) is 12.3. The number of benzene rings is 2. The summed E-state index contributed by atoms with van der Waals surface area (Å²) in [6.07, 6.45) is 0.730. The molecule has 0 spiro atoms. The fourth-order valence-electron chi connectivity index (χ4n) is 4.25. The smallest absolute Gasteiger partial charge is 0.256 e. The fourth-order valence-corrected chi connectivity index (χ4v) is 5.57. The summed E-state index contributed by atoms with van der Waals surface area (Å²) in [6.45, 7) is 7.58. The molecule has 2 aromatic carbocycles. The molecule has 0 saturated carbocycles. The van der Waals surface area contributed by atoms with Crippen molar-refractivity contribution in [2.75, 3.05) is 30.0 Å².